The summed E-state index contributed by atoms with van der Waals surface area (Å²) in [6.45, 7) is 11.9. The number of rotatable bonds is 9. The topological polar surface area (TPSA) is 52.1 Å². The summed E-state index contributed by atoms with van der Waals surface area (Å²) in [5.41, 5.74) is 1.25. The summed E-state index contributed by atoms with van der Waals surface area (Å²) in [6, 6.07) is 9.11. The average molecular weight is 544 g/mol. The number of guanidine groups is 1. The van der Waals surface area contributed by atoms with Crippen molar-refractivity contribution in [1.82, 2.24) is 15.5 Å². The summed E-state index contributed by atoms with van der Waals surface area (Å²) in [6.07, 6.45) is 6.46. The fourth-order valence-electron chi connectivity index (χ4n) is 4.56. The number of benzene rings is 1. The van der Waals surface area contributed by atoms with Crippen LogP contribution >= 0.6 is 24.0 Å². The van der Waals surface area contributed by atoms with Gasteiger partial charge in [0.2, 0.25) is 0 Å². The molecule has 1 aromatic carbocycles. The molecule has 176 valence electrons. The third kappa shape index (κ3) is 8.33. The van der Waals surface area contributed by atoms with Crippen molar-refractivity contribution in [2.45, 2.75) is 52.0 Å². The Kier molecular flexibility index (Phi) is 11.8. The number of hydrogen-bond acceptors (Lipinski definition) is 4. The zero-order chi connectivity index (χ0) is 21.2. The summed E-state index contributed by atoms with van der Waals surface area (Å²) in [5, 5.41) is 6.95. The monoisotopic (exact) mass is 543 g/mol. The van der Waals surface area contributed by atoms with Gasteiger partial charge in [-0.15, -0.1) is 24.0 Å². The fraction of sp³-hybridized carbons (Fsp3) is 0.708. The molecule has 31 heavy (non-hydrogen) atoms. The third-order valence-corrected chi connectivity index (χ3v) is 6.41. The Hall–Kier alpha value is -1.22. The Balaban J connectivity index is 0.00000341. The van der Waals surface area contributed by atoms with Crippen molar-refractivity contribution in [3.05, 3.63) is 24.3 Å². The third-order valence-electron chi connectivity index (χ3n) is 6.41. The van der Waals surface area contributed by atoms with E-state index in [0.29, 0.717) is 5.92 Å². The number of halogens is 1. The molecule has 2 aliphatic heterocycles. The van der Waals surface area contributed by atoms with Crippen molar-refractivity contribution in [2.24, 2.45) is 10.9 Å². The van der Waals surface area contributed by atoms with Crippen molar-refractivity contribution in [3.8, 4) is 5.75 Å². The van der Waals surface area contributed by atoms with Gasteiger partial charge in [-0.05, 0) is 64.1 Å². The van der Waals surface area contributed by atoms with Gasteiger partial charge < -0.3 is 25.2 Å². The van der Waals surface area contributed by atoms with Crippen LogP contribution < -0.4 is 20.3 Å². The second kappa shape index (κ2) is 14.0. The first-order valence-electron chi connectivity index (χ1n) is 11.8. The number of ether oxygens (including phenoxy) is 1. The van der Waals surface area contributed by atoms with Gasteiger partial charge in [-0.2, -0.15) is 0 Å². The maximum atomic E-state index is 5.37. The van der Waals surface area contributed by atoms with E-state index in [1.165, 1.54) is 50.9 Å². The summed E-state index contributed by atoms with van der Waals surface area (Å²) >= 11 is 0. The van der Waals surface area contributed by atoms with Crippen LogP contribution in [0.2, 0.25) is 0 Å². The minimum absolute atomic E-state index is 0. The van der Waals surface area contributed by atoms with E-state index < -0.39 is 0 Å². The molecule has 0 amide bonds. The average Bonchev–Trinajstić information content (AvgIpc) is 3.25. The molecule has 1 aromatic rings. The molecule has 7 heteroatoms. The van der Waals surface area contributed by atoms with E-state index in [4.69, 9.17) is 9.73 Å². The van der Waals surface area contributed by atoms with Crippen LogP contribution in [-0.4, -0.2) is 69.8 Å². The van der Waals surface area contributed by atoms with E-state index in [9.17, 15) is 0 Å². The molecule has 2 fully saturated rings. The minimum Gasteiger partial charge on any atom is -0.497 e. The van der Waals surface area contributed by atoms with Gasteiger partial charge in [0.1, 0.15) is 5.75 Å². The van der Waals surface area contributed by atoms with Gasteiger partial charge in [-0.3, -0.25) is 4.99 Å². The molecule has 2 atom stereocenters. The molecule has 3 rings (SSSR count). The SMILES string of the molecule is CCNC(=NCC1CCN(c2cccc(OC)c2)C1)NCCCN1CCCCC1C.I. The molecule has 2 saturated heterocycles. The van der Waals surface area contributed by atoms with E-state index in [2.05, 4.69) is 52.5 Å². The maximum Gasteiger partial charge on any atom is 0.191 e. The molecule has 0 saturated carbocycles. The van der Waals surface area contributed by atoms with E-state index in [1.807, 2.05) is 6.07 Å². The first kappa shape index (κ1) is 26.0. The first-order chi connectivity index (χ1) is 14.7. The standard InChI is InChI=1S/C24H41N5O.HI/c1-4-25-24(26-13-8-15-28-14-6-5-9-20(28)2)27-18-21-12-16-29(19-21)22-10-7-11-23(17-22)30-3;/h7,10-11,17,20-21H,4-6,8-9,12-16,18-19H2,1-3H3,(H2,25,26,27);1H. The minimum atomic E-state index is 0. The van der Waals surface area contributed by atoms with Gasteiger partial charge in [0, 0.05) is 57.1 Å². The van der Waals surface area contributed by atoms with Crippen LogP contribution in [0.25, 0.3) is 0 Å². The van der Waals surface area contributed by atoms with Crippen molar-refractivity contribution in [2.75, 3.05) is 57.8 Å². The van der Waals surface area contributed by atoms with Crippen molar-refractivity contribution in [1.29, 1.82) is 0 Å². The predicted octanol–water partition coefficient (Wildman–Crippen LogP) is 3.96. The molecule has 0 aliphatic carbocycles. The van der Waals surface area contributed by atoms with Crippen LogP contribution in [0, 0.1) is 5.92 Å². The molecule has 6 nitrogen and oxygen atoms in total. The van der Waals surface area contributed by atoms with Gasteiger partial charge in [0.05, 0.1) is 7.11 Å². The van der Waals surface area contributed by atoms with Crippen LogP contribution in [0.15, 0.2) is 29.3 Å². The number of nitrogens with zero attached hydrogens (tertiary/aromatic N) is 3. The number of nitrogens with one attached hydrogen (secondary N) is 2. The maximum absolute atomic E-state index is 5.37. The van der Waals surface area contributed by atoms with Gasteiger partial charge in [-0.1, -0.05) is 12.5 Å². The Morgan fingerprint density at radius 3 is 2.84 bits per heavy atom. The van der Waals surface area contributed by atoms with E-state index in [-0.39, 0.29) is 24.0 Å². The van der Waals surface area contributed by atoms with Gasteiger partial charge >= 0.3 is 0 Å². The van der Waals surface area contributed by atoms with Crippen LogP contribution in [0.1, 0.15) is 46.0 Å². The lowest BCUT2D eigenvalue weighted by molar-refractivity contribution is 0.159. The quantitative estimate of drug-likeness (QED) is 0.214. The summed E-state index contributed by atoms with van der Waals surface area (Å²) in [7, 11) is 1.73. The zero-order valence-corrected chi connectivity index (χ0v) is 21.9. The molecule has 2 heterocycles. The van der Waals surface area contributed by atoms with Crippen molar-refractivity contribution < 1.29 is 4.74 Å². The molecule has 2 unspecified atom stereocenters. The molecular weight excluding hydrogens is 501 g/mol. The molecule has 0 aromatic heterocycles. The van der Waals surface area contributed by atoms with Crippen LogP contribution in [0.4, 0.5) is 5.69 Å². The van der Waals surface area contributed by atoms with Crippen LogP contribution in [-0.2, 0) is 0 Å². The Bertz CT molecular complexity index is 671. The lowest BCUT2D eigenvalue weighted by Gasteiger charge is -2.33. The lowest BCUT2D eigenvalue weighted by Crippen LogP contribution is -2.41. The highest BCUT2D eigenvalue weighted by molar-refractivity contribution is 14.0. The van der Waals surface area contributed by atoms with Crippen molar-refractivity contribution >= 4 is 35.6 Å². The molecule has 0 bridgehead atoms. The second-order valence-corrected chi connectivity index (χ2v) is 8.68. The number of piperidine rings is 1. The lowest BCUT2D eigenvalue weighted by atomic mass is 10.0. The van der Waals surface area contributed by atoms with Crippen LogP contribution in [0.5, 0.6) is 5.75 Å². The molecule has 2 aliphatic rings. The highest BCUT2D eigenvalue weighted by Gasteiger charge is 2.23. The number of hydrogen-bond donors (Lipinski definition) is 2. The van der Waals surface area contributed by atoms with Gasteiger partial charge in [-0.25, -0.2) is 0 Å². The second-order valence-electron chi connectivity index (χ2n) is 8.68. The molecule has 2 N–H and O–H groups in total. The summed E-state index contributed by atoms with van der Waals surface area (Å²) in [4.78, 5) is 9.97. The molecule has 0 spiro atoms. The summed E-state index contributed by atoms with van der Waals surface area (Å²) < 4.78 is 5.37. The Labute approximate surface area is 206 Å². The normalized spacial score (nSPS) is 22.2. The Morgan fingerprint density at radius 2 is 2.06 bits per heavy atom. The first-order valence-corrected chi connectivity index (χ1v) is 11.8. The van der Waals surface area contributed by atoms with Crippen LogP contribution in [0.3, 0.4) is 0 Å². The Morgan fingerprint density at radius 1 is 1.19 bits per heavy atom. The predicted molar refractivity (Wildman–Crippen MR) is 142 cm³/mol. The van der Waals surface area contributed by atoms with E-state index >= 15 is 0 Å². The number of methoxy groups -OCH3 is 1. The largest absolute Gasteiger partial charge is 0.497 e. The van der Waals surface area contributed by atoms with Crippen molar-refractivity contribution in [3.63, 3.8) is 0 Å². The smallest absolute Gasteiger partial charge is 0.191 e. The highest BCUT2D eigenvalue weighted by Crippen LogP contribution is 2.27. The number of aliphatic imine (C=N–C) groups is 1. The number of anilines is 1. The van der Waals surface area contributed by atoms with E-state index in [1.54, 1.807) is 7.11 Å². The van der Waals surface area contributed by atoms with Gasteiger partial charge in [0.15, 0.2) is 5.96 Å². The molecular formula is C24H42IN5O. The van der Waals surface area contributed by atoms with E-state index in [0.717, 1.165) is 50.5 Å². The summed E-state index contributed by atoms with van der Waals surface area (Å²) in [5.74, 6) is 2.48. The van der Waals surface area contributed by atoms with Gasteiger partial charge in [0.25, 0.3) is 0 Å². The molecule has 0 radical (unpaired) electrons. The zero-order valence-electron chi connectivity index (χ0n) is 19.6. The number of likely N-dealkylation sites (tertiary alicyclic amines) is 1. The highest BCUT2D eigenvalue weighted by atomic mass is 127. The fourth-order valence-corrected chi connectivity index (χ4v) is 4.56.